The molecule has 0 aromatic heterocycles. The summed E-state index contributed by atoms with van der Waals surface area (Å²) in [5.41, 5.74) is 0. The van der Waals surface area contributed by atoms with Crippen LogP contribution < -0.4 is 4.72 Å². The molecule has 0 aromatic carbocycles. The molecule has 0 saturated heterocycles. The average Bonchev–Trinajstić information content (AvgIpc) is 2.13. The molecule has 0 aliphatic heterocycles. The van der Waals surface area contributed by atoms with Gasteiger partial charge in [-0.1, -0.05) is 51.5 Å². The van der Waals surface area contributed by atoms with Crippen molar-refractivity contribution >= 4 is 18.4 Å². The molecule has 0 radical (unpaired) electrons. The van der Waals surface area contributed by atoms with Crippen LogP contribution in [0.3, 0.4) is 0 Å². The molecular weight excluding hydrogens is 182 g/mol. The van der Waals surface area contributed by atoms with Gasteiger partial charge in [-0.2, -0.15) is 0 Å². The minimum absolute atomic E-state index is 0.644. The first kappa shape index (κ1) is 12.8. The number of hydrogen-bond acceptors (Lipinski definition) is 2. The molecular formula is C10H21NOS. The molecule has 2 nitrogen and oxygen atoms in total. The van der Waals surface area contributed by atoms with Crippen LogP contribution in [-0.4, -0.2) is 12.7 Å². The maximum atomic E-state index is 9.27. The fourth-order valence-electron chi connectivity index (χ4n) is 1.47. The van der Waals surface area contributed by atoms with Crippen molar-refractivity contribution in [3.8, 4) is 0 Å². The Labute approximate surface area is 86.0 Å². The summed E-state index contributed by atoms with van der Waals surface area (Å²) in [6.45, 7) is 4.73. The SMILES string of the molecule is CC1CCC(C)CC1.CSNC=O. The Hall–Kier alpha value is -0.180. The quantitative estimate of drug-likeness (QED) is 0.552. The van der Waals surface area contributed by atoms with Crippen LogP contribution >= 0.6 is 11.9 Å². The highest BCUT2D eigenvalue weighted by atomic mass is 32.2. The minimum atomic E-state index is 0.644. The van der Waals surface area contributed by atoms with Crippen molar-refractivity contribution in [2.45, 2.75) is 39.5 Å². The second-order valence-corrected chi connectivity index (χ2v) is 4.45. The van der Waals surface area contributed by atoms with Crippen molar-refractivity contribution in [2.24, 2.45) is 11.8 Å². The van der Waals surface area contributed by atoms with E-state index in [1.807, 2.05) is 0 Å². The van der Waals surface area contributed by atoms with Crippen LogP contribution in [0.5, 0.6) is 0 Å². The minimum Gasteiger partial charge on any atom is -0.303 e. The number of amides is 1. The summed E-state index contributed by atoms with van der Waals surface area (Å²) in [4.78, 5) is 9.27. The van der Waals surface area contributed by atoms with Crippen molar-refractivity contribution in [3.63, 3.8) is 0 Å². The standard InChI is InChI=1S/C8H16.C2H5NOS/c1-7-3-5-8(2)6-4-7;1-5-3-2-4/h7-8H,3-6H2,1-2H3;2H,1H3,(H,3,4). The number of carbonyl (C=O) groups excluding carboxylic acids is 1. The number of nitrogens with one attached hydrogen (secondary N) is 1. The summed E-state index contributed by atoms with van der Waals surface area (Å²) in [5, 5.41) is 0. The maximum absolute atomic E-state index is 9.27. The summed E-state index contributed by atoms with van der Waals surface area (Å²) >= 11 is 1.28. The molecule has 0 bridgehead atoms. The van der Waals surface area contributed by atoms with Gasteiger partial charge < -0.3 is 4.72 Å². The van der Waals surface area contributed by atoms with Gasteiger partial charge in [-0.25, -0.2) is 0 Å². The summed E-state index contributed by atoms with van der Waals surface area (Å²) < 4.78 is 2.35. The molecule has 1 rings (SSSR count). The molecule has 0 spiro atoms. The first-order valence-corrected chi connectivity index (χ1v) is 6.15. The molecule has 1 saturated carbocycles. The predicted octanol–water partition coefficient (Wildman–Crippen LogP) is 2.84. The van der Waals surface area contributed by atoms with Crippen molar-refractivity contribution in [3.05, 3.63) is 0 Å². The Balaban J connectivity index is 0.000000252. The van der Waals surface area contributed by atoms with Gasteiger partial charge in [0.15, 0.2) is 0 Å². The smallest absolute Gasteiger partial charge is 0.216 e. The van der Waals surface area contributed by atoms with Crippen LogP contribution in [0, 0.1) is 11.8 Å². The average molecular weight is 203 g/mol. The lowest BCUT2D eigenvalue weighted by Crippen LogP contribution is -2.08. The number of hydrogen-bond donors (Lipinski definition) is 1. The van der Waals surface area contributed by atoms with E-state index in [0.717, 1.165) is 11.8 Å². The summed E-state index contributed by atoms with van der Waals surface area (Å²) in [6.07, 6.45) is 8.32. The fourth-order valence-corrected chi connectivity index (χ4v) is 1.57. The van der Waals surface area contributed by atoms with Crippen LogP contribution in [0.1, 0.15) is 39.5 Å². The van der Waals surface area contributed by atoms with Crippen molar-refractivity contribution in [2.75, 3.05) is 6.26 Å². The third kappa shape index (κ3) is 8.16. The van der Waals surface area contributed by atoms with Gasteiger partial charge in [0.2, 0.25) is 6.41 Å². The topological polar surface area (TPSA) is 29.1 Å². The third-order valence-electron chi connectivity index (χ3n) is 2.47. The Morgan fingerprint density at radius 2 is 1.54 bits per heavy atom. The van der Waals surface area contributed by atoms with E-state index in [9.17, 15) is 4.79 Å². The van der Waals surface area contributed by atoms with Gasteiger partial charge in [-0.05, 0) is 11.8 Å². The maximum Gasteiger partial charge on any atom is 0.216 e. The van der Waals surface area contributed by atoms with E-state index in [4.69, 9.17) is 0 Å². The van der Waals surface area contributed by atoms with Crippen LogP contribution in [0.25, 0.3) is 0 Å². The van der Waals surface area contributed by atoms with E-state index >= 15 is 0 Å². The lowest BCUT2D eigenvalue weighted by molar-refractivity contribution is -0.107. The molecule has 0 unspecified atom stereocenters. The van der Waals surface area contributed by atoms with Gasteiger partial charge in [0.1, 0.15) is 0 Å². The third-order valence-corrected chi connectivity index (χ3v) is 2.80. The van der Waals surface area contributed by atoms with Crippen LogP contribution in [0.4, 0.5) is 0 Å². The summed E-state index contributed by atoms with van der Waals surface area (Å²) in [7, 11) is 0. The molecule has 0 aromatic rings. The molecule has 1 aliphatic carbocycles. The van der Waals surface area contributed by atoms with E-state index in [-0.39, 0.29) is 0 Å². The Kier molecular flexibility index (Phi) is 8.30. The monoisotopic (exact) mass is 203 g/mol. The first-order valence-electron chi connectivity index (χ1n) is 4.92. The molecule has 1 fully saturated rings. The van der Waals surface area contributed by atoms with Gasteiger partial charge in [-0.3, -0.25) is 4.79 Å². The highest BCUT2D eigenvalue weighted by Gasteiger charge is 2.13. The normalized spacial score (nSPS) is 27.0. The Bertz CT molecular complexity index is 112. The molecule has 0 atom stereocenters. The summed E-state index contributed by atoms with van der Waals surface area (Å²) in [5.74, 6) is 2.04. The molecule has 78 valence electrons. The molecule has 1 amide bonds. The van der Waals surface area contributed by atoms with Crippen LogP contribution in [-0.2, 0) is 4.79 Å². The van der Waals surface area contributed by atoms with Crippen molar-refractivity contribution in [1.29, 1.82) is 0 Å². The second kappa shape index (κ2) is 8.42. The molecule has 3 heteroatoms. The highest BCUT2D eigenvalue weighted by Crippen LogP contribution is 2.27. The number of rotatable bonds is 2. The molecule has 13 heavy (non-hydrogen) atoms. The lowest BCUT2D eigenvalue weighted by atomic mass is 9.84. The zero-order chi connectivity index (χ0) is 10.1. The zero-order valence-corrected chi connectivity index (χ0v) is 9.69. The second-order valence-electron chi connectivity index (χ2n) is 3.80. The predicted molar refractivity (Wildman–Crippen MR) is 59.5 cm³/mol. The van der Waals surface area contributed by atoms with Gasteiger partial charge >= 0.3 is 0 Å². The lowest BCUT2D eigenvalue weighted by Gasteiger charge is -2.22. The largest absolute Gasteiger partial charge is 0.303 e. The van der Waals surface area contributed by atoms with Crippen LogP contribution in [0.2, 0.25) is 0 Å². The van der Waals surface area contributed by atoms with Crippen LogP contribution in [0.15, 0.2) is 0 Å². The molecule has 0 heterocycles. The van der Waals surface area contributed by atoms with Gasteiger partial charge in [-0.15, -0.1) is 0 Å². The van der Waals surface area contributed by atoms with Gasteiger partial charge in [0.05, 0.1) is 0 Å². The molecule has 1 aliphatic rings. The van der Waals surface area contributed by atoms with E-state index in [1.54, 1.807) is 6.26 Å². The van der Waals surface area contributed by atoms with Crippen molar-refractivity contribution in [1.82, 2.24) is 4.72 Å². The summed E-state index contributed by atoms with van der Waals surface area (Å²) in [6, 6.07) is 0. The Morgan fingerprint density at radius 1 is 1.15 bits per heavy atom. The van der Waals surface area contributed by atoms with E-state index in [0.29, 0.717) is 6.41 Å². The van der Waals surface area contributed by atoms with Crippen molar-refractivity contribution < 1.29 is 4.79 Å². The Morgan fingerprint density at radius 3 is 1.69 bits per heavy atom. The highest BCUT2D eigenvalue weighted by molar-refractivity contribution is 7.97. The van der Waals surface area contributed by atoms with E-state index in [1.165, 1.54) is 37.6 Å². The zero-order valence-electron chi connectivity index (χ0n) is 8.88. The van der Waals surface area contributed by atoms with Gasteiger partial charge in [0.25, 0.3) is 0 Å². The first-order chi connectivity index (χ1) is 6.20. The van der Waals surface area contributed by atoms with E-state index < -0.39 is 0 Å². The number of carbonyl (C=O) groups is 1. The fraction of sp³-hybridized carbons (Fsp3) is 0.900. The van der Waals surface area contributed by atoms with E-state index in [2.05, 4.69) is 18.6 Å². The van der Waals surface area contributed by atoms with Gasteiger partial charge in [0, 0.05) is 6.26 Å². The molecule has 1 N–H and O–H groups in total.